The number of nitrogens with two attached hydrogens (primary N) is 1. The van der Waals surface area contributed by atoms with Crippen LogP contribution in [0.5, 0.6) is 0 Å². The molecule has 1 aromatic heterocycles. The van der Waals surface area contributed by atoms with Crippen LogP contribution in [0.2, 0.25) is 0 Å². The fraction of sp³-hybridized carbons (Fsp3) is 0.278. The van der Waals surface area contributed by atoms with E-state index in [1.165, 1.54) is 0 Å². The Balaban J connectivity index is 1.97. The molecule has 0 spiro atoms. The fourth-order valence-corrected chi connectivity index (χ4v) is 2.91. The summed E-state index contributed by atoms with van der Waals surface area (Å²) in [5.41, 5.74) is 7.40. The van der Waals surface area contributed by atoms with E-state index in [1.807, 2.05) is 12.1 Å². The van der Waals surface area contributed by atoms with Crippen LogP contribution in [0.4, 0.5) is 11.5 Å². The number of pyridine rings is 1. The van der Waals surface area contributed by atoms with Crippen molar-refractivity contribution in [2.75, 3.05) is 43.9 Å². The van der Waals surface area contributed by atoms with Crippen LogP contribution in [-0.2, 0) is 0 Å². The molecule has 0 aliphatic carbocycles. The predicted molar refractivity (Wildman–Crippen MR) is 101 cm³/mol. The lowest BCUT2D eigenvalue weighted by Gasteiger charge is -2.33. The summed E-state index contributed by atoms with van der Waals surface area (Å²) in [7, 11) is 2.08. The molecule has 1 aromatic carbocycles. The highest BCUT2D eigenvalue weighted by atomic mass is 16.4. The summed E-state index contributed by atoms with van der Waals surface area (Å²) in [6, 6.07) is 12.5. The number of likely N-dealkylation sites (N-methyl/N-ethyl adjacent to an activating group) is 1. The van der Waals surface area contributed by atoms with Crippen LogP contribution in [0.15, 0.2) is 52.8 Å². The highest BCUT2D eigenvalue weighted by Crippen LogP contribution is 2.20. The van der Waals surface area contributed by atoms with Crippen molar-refractivity contribution >= 4 is 22.9 Å². The van der Waals surface area contributed by atoms with E-state index in [1.54, 1.807) is 30.3 Å². The van der Waals surface area contributed by atoms with Crippen LogP contribution in [-0.4, -0.2) is 64.9 Å². The summed E-state index contributed by atoms with van der Waals surface area (Å²) in [5, 5.41) is 25.7. The number of aromatic nitrogens is 1. The minimum Gasteiger partial charge on any atom is -0.410 e. The first-order chi connectivity index (χ1) is 12.6. The molecule has 0 saturated carbocycles. The number of piperazine rings is 1. The zero-order chi connectivity index (χ0) is 18.5. The summed E-state index contributed by atoms with van der Waals surface area (Å²) in [4.78, 5) is 8.99. The van der Waals surface area contributed by atoms with Crippen LogP contribution < -0.4 is 10.6 Å². The van der Waals surface area contributed by atoms with Gasteiger partial charge >= 0.3 is 0 Å². The molecule has 136 valence electrons. The van der Waals surface area contributed by atoms with Gasteiger partial charge in [0.1, 0.15) is 17.2 Å². The van der Waals surface area contributed by atoms with Gasteiger partial charge < -0.3 is 25.9 Å². The molecule has 1 fully saturated rings. The van der Waals surface area contributed by atoms with E-state index in [2.05, 4.69) is 32.1 Å². The third-order valence-electron chi connectivity index (χ3n) is 4.43. The van der Waals surface area contributed by atoms with Gasteiger partial charge in [-0.3, -0.25) is 0 Å². The predicted octanol–water partition coefficient (Wildman–Crippen LogP) is 1.47. The van der Waals surface area contributed by atoms with Crippen LogP contribution in [0.1, 0.15) is 11.3 Å². The Hall–Kier alpha value is -3.13. The van der Waals surface area contributed by atoms with E-state index in [0.717, 1.165) is 32.0 Å². The van der Waals surface area contributed by atoms with Gasteiger partial charge in [0.2, 0.25) is 0 Å². The molecule has 0 bridgehead atoms. The van der Waals surface area contributed by atoms with Crippen LogP contribution >= 0.6 is 0 Å². The van der Waals surface area contributed by atoms with Crippen LogP contribution in [0.25, 0.3) is 0 Å². The highest BCUT2D eigenvalue weighted by Gasteiger charge is 2.22. The standard InChI is InChI=1S/C18H22N6O2/c1-23-9-11-24(12-10-23)15-8-7-14(19)17(20-15)18(22-26)16(21-25)13-5-3-2-4-6-13/h2-8,25-26H,9-12,19H2,1H3/b21-16+,22-18+. The number of nitrogen functional groups attached to an aromatic ring is 1. The summed E-state index contributed by atoms with van der Waals surface area (Å²) in [6.07, 6.45) is 0. The van der Waals surface area contributed by atoms with Gasteiger partial charge in [-0.25, -0.2) is 4.98 Å². The van der Waals surface area contributed by atoms with Gasteiger partial charge in [0, 0.05) is 31.7 Å². The van der Waals surface area contributed by atoms with Crippen LogP contribution in [0, 0.1) is 0 Å². The lowest BCUT2D eigenvalue weighted by Crippen LogP contribution is -2.45. The summed E-state index contributed by atoms with van der Waals surface area (Å²) < 4.78 is 0. The molecule has 0 amide bonds. The lowest BCUT2D eigenvalue weighted by atomic mass is 10.0. The highest BCUT2D eigenvalue weighted by molar-refractivity contribution is 6.53. The van der Waals surface area contributed by atoms with E-state index in [-0.39, 0.29) is 17.1 Å². The molecule has 1 saturated heterocycles. The second kappa shape index (κ2) is 7.83. The maximum absolute atomic E-state index is 9.58. The Kier molecular flexibility index (Phi) is 5.33. The van der Waals surface area contributed by atoms with Gasteiger partial charge in [-0.1, -0.05) is 40.6 Å². The number of anilines is 2. The quantitative estimate of drug-likeness (QED) is 0.436. The first-order valence-electron chi connectivity index (χ1n) is 8.34. The Morgan fingerprint density at radius 2 is 1.62 bits per heavy atom. The normalized spacial score (nSPS) is 16.7. The van der Waals surface area contributed by atoms with E-state index in [9.17, 15) is 10.4 Å². The molecular formula is C18H22N6O2. The Morgan fingerprint density at radius 1 is 0.962 bits per heavy atom. The van der Waals surface area contributed by atoms with Crippen molar-refractivity contribution in [3.05, 3.63) is 53.7 Å². The third-order valence-corrected chi connectivity index (χ3v) is 4.43. The molecule has 8 heteroatoms. The van der Waals surface area contributed by atoms with Crippen LogP contribution in [0.3, 0.4) is 0 Å². The zero-order valence-corrected chi connectivity index (χ0v) is 14.6. The van der Waals surface area contributed by atoms with Gasteiger partial charge in [0.15, 0.2) is 5.71 Å². The van der Waals surface area contributed by atoms with Gasteiger partial charge in [-0.2, -0.15) is 0 Å². The number of oxime groups is 2. The minimum atomic E-state index is 0.0205. The number of nitrogens with zero attached hydrogens (tertiary/aromatic N) is 5. The van der Waals surface area contributed by atoms with Crippen molar-refractivity contribution < 1.29 is 10.4 Å². The Labute approximate surface area is 151 Å². The average molecular weight is 354 g/mol. The molecule has 0 atom stereocenters. The van der Waals surface area contributed by atoms with Crippen molar-refractivity contribution in [1.82, 2.24) is 9.88 Å². The SMILES string of the molecule is CN1CCN(c2ccc(N)c(C(=N/O)/C(=N/O)c3ccccc3)n2)CC1. The smallest absolute Gasteiger partial charge is 0.160 e. The summed E-state index contributed by atoms with van der Waals surface area (Å²) in [5.74, 6) is 0.744. The molecule has 1 aliphatic rings. The molecule has 1 aliphatic heterocycles. The maximum atomic E-state index is 9.58. The lowest BCUT2D eigenvalue weighted by molar-refractivity contribution is 0.312. The van der Waals surface area contributed by atoms with Gasteiger partial charge in [-0.15, -0.1) is 0 Å². The Morgan fingerprint density at radius 3 is 2.23 bits per heavy atom. The third kappa shape index (κ3) is 3.60. The molecule has 2 aromatic rings. The topological polar surface area (TPSA) is 111 Å². The van der Waals surface area contributed by atoms with E-state index >= 15 is 0 Å². The minimum absolute atomic E-state index is 0.0205. The summed E-state index contributed by atoms with van der Waals surface area (Å²) >= 11 is 0. The number of hydrogen-bond donors (Lipinski definition) is 3. The monoisotopic (exact) mass is 354 g/mol. The second-order valence-electron chi connectivity index (χ2n) is 6.16. The molecule has 4 N–H and O–H groups in total. The number of hydrogen-bond acceptors (Lipinski definition) is 8. The molecular weight excluding hydrogens is 332 g/mol. The van der Waals surface area contributed by atoms with Crippen molar-refractivity contribution in [3.8, 4) is 0 Å². The van der Waals surface area contributed by atoms with Crippen molar-refractivity contribution in [1.29, 1.82) is 0 Å². The molecule has 3 rings (SSSR count). The average Bonchev–Trinajstić information content (AvgIpc) is 2.68. The number of rotatable bonds is 4. The molecule has 0 radical (unpaired) electrons. The summed E-state index contributed by atoms with van der Waals surface area (Å²) in [6.45, 7) is 3.57. The molecule has 0 unspecified atom stereocenters. The van der Waals surface area contributed by atoms with Gasteiger partial charge in [-0.05, 0) is 19.2 Å². The molecule has 8 nitrogen and oxygen atoms in total. The molecule has 26 heavy (non-hydrogen) atoms. The fourth-order valence-electron chi connectivity index (χ4n) is 2.91. The largest absolute Gasteiger partial charge is 0.410 e. The zero-order valence-electron chi connectivity index (χ0n) is 14.6. The van der Waals surface area contributed by atoms with E-state index in [0.29, 0.717) is 11.3 Å². The molecule has 2 heterocycles. The van der Waals surface area contributed by atoms with Gasteiger partial charge in [0.25, 0.3) is 0 Å². The maximum Gasteiger partial charge on any atom is 0.160 e. The Bertz CT molecular complexity index is 814. The van der Waals surface area contributed by atoms with Crippen molar-refractivity contribution in [2.45, 2.75) is 0 Å². The van der Waals surface area contributed by atoms with E-state index < -0.39 is 0 Å². The first-order valence-corrected chi connectivity index (χ1v) is 8.34. The van der Waals surface area contributed by atoms with Crippen molar-refractivity contribution in [3.63, 3.8) is 0 Å². The number of benzene rings is 1. The van der Waals surface area contributed by atoms with E-state index in [4.69, 9.17) is 5.73 Å². The van der Waals surface area contributed by atoms with Crippen molar-refractivity contribution in [2.24, 2.45) is 10.3 Å². The first kappa shape index (κ1) is 17.7. The second-order valence-corrected chi connectivity index (χ2v) is 6.16. The van der Waals surface area contributed by atoms with Gasteiger partial charge in [0.05, 0.1) is 5.69 Å².